The molecule has 0 radical (unpaired) electrons. The van der Waals surface area contributed by atoms with Gasteiger partial charge in [0.1, 0.15) is 29.0 Å². The van der Waals surface area contributed by atoms with E-state index in [9.17, 15) is 22.4 Å². The molecule has 2 N–H and O–H groups in total. The zero-order valence-electron chi connectivity index (χ0n) is 12.9. The fourth-order valence-corrected chi connectivity index (χ4v) is 2.04. The summed E-state index contributed by atoms with van der Waals surface area (Å²) in [5.41, 5.74) is -0.811. The normalized spacial score (nSPS) is 10.5. The molecule has 1 amide bonds. The van der Waals surface area contributed by atoms with Gasteiger partial charge in [0.05, 0.1) is 5.69 Å². The van der Waals surface area contributed by atoms with Gasteiger partial charge in [0.25, 0.3) is 5.91 Å². The number of aromatic nitrogens is 2. The molecule has 0 unspecified atom stereocenters. The third-order valence-electron chi connectivity index (χ3n) is 3.29. The first kappa shape index (κ1) is 17.3. The molecule has 3 aromatic rings. The molecule has 3 rings (SSSR count). The molecule has 9 heteroatoms. The summed E-state index contributed by atoms with van der Waals surface area (Å²) in [6.07, 6.45) is 0. The fourth-order valence-electron chi connectivity index (χ4n) is 2.04. The molecule has 26 heavy (non-hydrogen) atoms. The lowest BCUT2D eigenvalue weighted by atomic mass is 10.2. The smallest absolute Gasteiger partial charge is 0.276 e. The van der Waals surface area contributed by atoms with Gasteiger partial charge in [-0.2, -0.15) is 0 Å². The average molecular weight is 362 g/mol. The van der Waals surface area contributed by atoms with Crippen molar-refractivity contribution < 1.29 is 22.4 Å². The van der Waals surface area contributed by atoms with Crippen LogP contribution in [0.2, 0.25) is 0 Å². The maximum Gasteiger partial charge on any atom is 0.276 e. The van der Waals surface area contributed by atoms with E-state index in [1.807, 2.05) is 0 Å². The van der Waals surface area contributed by atoms with Gasteiger partial charge in [-0.3, -0.25) is 4.79 Å². The number of hydrogen-bond donors (Lipinski definition) is 2. The van der Waals surface area contributed by atoms with E-state index in [0.717, 1.165) is 24.3 Å². The summed E-state index contributed by atoms with van der Waals surface area (Å²) in [6, 6.07) is 8.52. The van der Waals surface area contributed by atoms with Crippen LogP contribution in [0.25, 0.3) is 0 Å². The first-order chi connectivity index (χ1) is 12.4. The predicted octanol–water partition coefficient (Wildman–Crippen LogP) is 4.03. The van der Waals surface area contributed by atoms with Crippen molar-refractivity contribution in [2.45, 2.75) is 0 Å². The van der Waals surface area contributed by atoms with Crippen LogP contribution in [0.5, 0.6) is 0 Å². The Morgan fingerprint density at radius 1 is 0.846 bits per heavy atom. The molecule has 1 aromatic heterocycles. The van der Waals surface area contributed by atoms with E-state index >= 15 is 0 Å². The van der Waals surface area contributed by atoms with Crippen LogP contribution < -0.4 is 10.6 Å². The summed E-state index contributed by atoms with van der Waals surface area (Å²) in [4.78, 5) is 12.0. The predicted molar refractivity (Wildman–Crippen MR) is 86.0 cm³/mol. The summed E-state index contributed by atoms with van der Waals surface area (Å²) >= 11 is 0. The SMILES string of the molecule is O=C(Nc1ccc(F)cc1F)c1ccc(Nc2c(F)cccc2F)nn1. The molecule has 0 fully saturated rings. The van der Waals surface area contributed by atoms with Crippen LogP contribution in [0.15, 0.2) is 48.5 Å². The number of halogens is 4. The van der Waals surface area contributed by atoms with Gasteiger partial charge in [0.15, 0.2) is 11.5 Å². The quantitative estimate of drug-likeness (QED) is 0.688. The highest BCUT2D eigenvalue weighted by atomic mass is 19.1. The van der Waals surface area contributed by atoms with Gasteiger partial charge in [-0.15, -0.1) is 10.2 Å². The van der Waals surface area contributed by atoms with Gasteiger partial charge in [-0.1, -0.05) is 6.07 Å². The first-order valence-electron chi connectivity index (χ1n) is 7.25. The van der Waals surface area contributed by atoms with Gasteiger partial charge in [0.2, 0.25) is 0 Å². The molecule has 0 saturated heterocycles. The molecule has 1 heterocycles. The molecule has 0 saturated carbocycles. The molecule has 0 aliphatic heterocycles. The number of nitrogens with zero attached hydrogens (tertiary/aromatic N) is 2. The van der Waals surface area contributed by atoms with Crippen LogP contribution >= 0.6 is 0 Å². The van der Waals surface area contributed by atoms with Gasteiger partial charge >= 0.3 is 0 Å². The van der Waals surface area contributed by atoms with Gasteiger partial charge in [-0.25, -0.2) is 17.6 Å². The number of para-hydroxylation sites is 1. The maximum absolute atomic E-state index is 13.6. The van der Waals surface area contributed by atoms with Crippen molar-refractivity contribution in [1.82, 2.24) is 10.2 Å². The zero-order valence-corrected chi connectivity index (χ0v) is 12.9. The average Bonchev–Trinajstić information content (AvgIpc) is 2.61. The molecule has 0 bridgehead atoms. The first-order valence-corrected chi connectivity index (χ1v) is 7.25. The molecule has 2 aromatic carbocycles. The minimum Gasteiger partial charge on any atom is -0.334 e. The lowest BCUT2D eigenvalue weighted by Crippen LogP contribution is -2.15. The van der Waals surface area contributed by atoms with E-state index in [1.54, 1.807) is 0 Å². The second kappa shape index (κ2) is 7.18. The van der Waals surface area contributed by atoms with E-state index in [1.165, 1.54) is 18.2 Å². The summed E-state index contributed by atoms with van der Waals surface area (Å²) in [7, 11) is 0. The molecular weight excluding hydrogens is 352 g/mol. The van der Waals surface area contributed by atoms with Crippen LogP contribution in [0.3, 0.4) is 0 Å². The van der Waals surface area contributed by atoms with Crippen LogP contribution in [0.1, 0.15) is 10.5 Å². The summed E-state index contributed by atoms with van der Waals surface area (Å²) < 4.78 is 53.5. The Labute approximate surface area is 144 Å². The molecule has 0 aliphatic rings. The van der Waals surface area contributed by atoms with E-state index in [-0.39, 0.29) is 17.2 Å². The van der Waals surface area contributed by atoms with Crippen molar-refractivity contribution in [2.75, 3.05) is 10.6 Å². The minimum absolute atomic E-state index is 0.00138. The third kappa shape index (κ3) is 3.77. The second-order valence-corrected chi connectivity index (χ2v) is 5.10. The van der Waals surface area contributed by atoms with Gasteiger partial charge < -0.3 is 10.6 Å². The molecule has 5 nitrogen and oxygen atoms in total. The van der Waals surface area contributed by atoms with Crippen molar-refractivity contribution in [3.8, 4) is 0 Å². The highest BCUT2D eigenvalue weighted by Gasteiger charge is 2.13. The standard InChI is InChI=1S/C17H10F4N4O/c18-9-4-5-13(12(21)8-9)22-17(26)14-6-7-15(25-24-14)23-16-10(19)2-1-3-11(16)20/h1-8H,(H,22,26)(H,23,25). The Hall–Kier alpha value is -3.49. The number of rotatable bonds is 4. The summed E-state index contributed by atoms with van der Waals surface area (Å²) in [5.74, 6) is -4.15. The number of carbonyl (C=O) groups is 1. The monoisotopic (exact) mass is 362 g/mol. The number of amides is 1. The van der Waals surface area contributed by atoms with E-state index in [4.69, 9.17) is 0 Å². The van der Waals surface area contributed by atoms with Crippen LogP contribution in [-0.4, -0.2) is 16.1 Å². The Bertz CT molecular complexity index is 943. The van der Waals surface area contributed by atoms with Crippen molar-refractivity contribution in [3.63, 3.8) is 0 Å². The van der Waals surface area contributed by atoms with E-state index in [0.29, 0.717) is 6.07 Å². The maximum atomic E-state index is 13.6. The highest BCUT2D eigenvalue weighted by Crippen LogP contribution is 2.22. The third-order valence-corrected chi connectivity index (χ3v) is 3.29. The van der Waals surface area contributed by atoms with Crippen molar-refractivity contribution in [3.05, 3.63) is 77.5 Å². The van der Waals surface area contributed by atoms with Gasteiger partial charge in [-0.05, 0) is 36.4 Å². The van der Waals surface area contributed by atoms with Crippen molar-refractivity contribution >= 4 is 23.1 Å². The number of benzene rings is 2. The van der Waals surface area contributed by atoms with Crippen molar-refractivity contribution in [1.29, 1.82) is 0 Å². The molecular formula is C17H10F4N4O. The largest absolute Gasteiger partial charge is 0.334 e. The van der Waals surface area contributed by atoms with Crippen LogP contribution in [-0.2, 0) is 0 Å². The molecule has 0 spiro atoms. The second-order valence-electron chi connectivity index (χ2n) is 5.10. The van der Waals surface area contributed by atoms with Gasteiger partial charge in [0, 0.05) is 6.07 Å². The number of carbonyl (C=O) groups excluding carboxylic acids is 1. The topological polar surface area (TPSA) is 66.9 Å². The molecule has 0 aliphatic carbocycles. The Balaban J connectivity index is 1.74. The van der Waals surface area contributed by atoms with Crippen LogP contribution in [0, 0.1) is 23.3 Å². The van der Waals surface area contributed by atoms with Crippen molar-refractivity contribution in [2.24, 2.45) is 0 Å². The highest BCUT2D eigenvalue weighted by molar-refractivity contribution is 6.02. The summed E-state index contributed by atoms with van der Waals surface area (Å²) in [5, 5.41) is 11.9. The van der Waals surface area contributed by atoms with E-state index in [2.05, 4.69) is 20.8 Å². The minimum atomic E-state index is -0.945. The lowest BCUT2D eigenvalue weighted by Gasteiger charge is -2.08. The van der Waals surface area contributed by atoms with Crippen LogP contribution in [0.4, 0.5) is 34.8 Å². The molecule has 0 atom stereocenters. The number of nitrogens with one attached hydrogen (secondary N) is 2. The Kier molecular flexibility index (Phi) is 4.78. The lowest BCUT2D eigenvalue weighted by molar-refractivity contribution is 0.102. The Morgan fingerprint density at radius 3 is 2.19 bits per heavy atom. The number of hydrogen-bond acceptors (Lipinski definition) is 4. The molecule has 132 valence electrons. The fraction of sp³-hybridized carbons (Fsp3) is 0. The van der Waals surface area contributed by atoms with E-state index < -0.39 is 34.9 Å². The zero-order chi connectivity index (χ0) is 18.7. The summed E-state index contributed by atoms with van der Waals surface area (Å²) in [6.45, 7) is 0. The Morgan fingerprint density at radius 2 is 1.58 bits per heavy atom. The number of anilines is 3.